The number of hydrogen-bond acceptors (Lipinski definition) is 1. The number of carbonyl (C=O) groups is 1. The number of nitrogens with one attached hydrogen (secondary N) is 1. The summed E-state index contributed by atoms with van der Waals surface area (Å²) in [6.07, 6.45) is 11.5. The summed E-state index contributed by atoms with van der Waals surface area (Å²) in [7, 11) is 0. The Morgan fingerprint density at radius 3 is 2.59 bits per heavy atom. The number of benzene rings is 1. The minimum absolute atomic E-state index is 0.000710. The van der Waals surface area contributed by atoms with Gasteiger partial charge in [0.05, 0.1) is 0 Å². The van der Waals surface area contributed by atoms with Gasteiger partial charge in [-0.05, 0) is 65.0 Å². The van der Waals surface area contributed by atoms with Crippen molar-refractivity contribution < 1.29 is 4.79 Å². The van der Waals surface area contributed by atoms with Crippen molar-refractivity contribution in [3.63, 3.8) is 0 Å². The molecule has 0 unspecified atom stereocenters. The van der Waals surface area contributed by atoms with Crippen LogP contribution in [0.15, 0.2) is 76.1 Å². The summed E-state index contributed by atoms with van der Waals surface area (Å²) in [5, 5.41) is 3.22. The molecule has 1 aromatic carbocycles. The quantitative estimate of drug-likeness (QED) is 0.744. The highest BCUT2D eigenvalue weighted by atomic mass is 16.1. The Balaban J connectivity index is 1.56. The van der Waals surface area contributed by atoms with E-state index in [9.17, 15) is 4.79 Å². The van der Waals surface area contributed by atoms with Crippen LogP contribution in [0, 0.1) is 5.41 Å². The molecule has 1 N–H and O–H groups in total. The molecule has 0 heterocycles. The summed E-state index contributed by atoms with van der Waals surface area (Å²) in [5.74, 6) is 0.0290. The topological polar surface area (TPSA) is 29.1 Å². The molecule has 0 saturated carbocycles. The number of allylic oxidation sites excluding steroid dienone is 5. The molecular weight excluding hydrogens is 330 g/mol. The van der Waals surface area contributed by atoms with Crippen LogP contribution in [0.25, 0.3) is 6.08 Å². The fourth-order valence-electron chi connectivity index (χ4n) is 4.27. The second-order valence-corrected chi connectivity index (χ2v) is 8.67. The third-order valence-corrected chi connectivity index (χ3v) is 5.73. The van der Waals surface area contributed by atoms with Crippen molar-refractivity contribution in [3.8, 4) is 0 Å². The second kappa shape index (κ2) is 6.53. The lowest BCUT2D eigenvalue weighted by Crippen LogP contribution is -2.27. The molecule has 1 aromatic rings. The largest absolute Gasteiger partial charge is 0.322 e. The number of rotatable bonds is 3. The van der Waals surface area contributed by atoms with E-state index in [0.29, 0.717) is 0 Å². The molecule has 1 amide bonds. The van der Waals surface area contributed by atoms with E-state index in [1.165, 1.54) is 27.8 Å². The van der Waals surface area contributed by atoms with Crippen molar-refractivity contribution in [2.75, 3.05) is 0 Å². The first kappa shape index (κ1) is 17.8. The third-order valence-electron chi connectivity index (χ3n) is 5.73. The van der Waals surface area contributed by atoms with Gasteiger partial charge in [-0.2, -0.15) is 0 Å². The molecule has 0 spiro atoms. The number of fused-ring (bicyclic) bond motifs is 1. The van der Waals surface area contributed by atoms with E-state index in [2.05, 4.69) is 74.7 Å². The number of amides is 1. The molecule has 2 heteroatoms. The lowest BCUT2D eigenvalue weighted by molar-refractivity contribution is -0.116. The molecule has 3 aliphatic carbocycles. The zero-order valence-electron chi connectivity index (χ0n) is 16.6. The standard InChI is InChI=1S/C25H27NO/c1-16-12-13-21(25(2,3)4)23(16)24(27)26-22-11-7-10-20(22)19-14-17-8-5-6-9-18(17)15-19/h5-6,8-12,14H,7,13,15H2,1-4H3,(H,26,27). The molecule has 0 bridgehead atoms. The molecule has 3 aliphatic rings. The predicted molar refractivity (Wildman–Crippen MR) is 112 cm³/mol. The lowest BCUT2D eigenvalue weighted by atomic mass is 9.83. The molecule has 4 rings (SSSR count). The van der Waals surface area contributed by atoms with E-state index in [0.717, 1.165) is 36.1 Å². The van der Waals surface area contributed by atoms with Crippen molar-refractivity contribution in [1.29, 1.82) is 0 Å². The SMILES string of the molecule is CC1=CCC(C(C)(C)C)=C1C(=O)NC1=CCC=C1C1=Cc2ccccc2C1. The second-order valence-electron chi connectivity index (χ2n) is 8.67. The Morgan fingerprint density at radius 1 is 1.07 bits per heavy atom. The van der Waals surface area contributed by atoms with Crippen LogP contribution in [0.4, 0.5) is 0 Å². The van der Waals surface area contributed by atoms with Crippen molar-refractivity contribution in [3.05, 3.63) is 87.2 Å². The normalized spacial score (nSPS) is 18.8. The maximum atomic E-state index is 13.2. The first-order valence-electron chi connectivity index (χ1n) is 9.76. The number of carbonyl (C=O) groups excluding carboxylic acids is 1. The molecule has 138 valence electrons. The first-order chi connectivity index (χ1) is 12.8. The molecular formula is C25H27NO. The van der Waals surface area contributed by atoms with Gasteiger partial charge in [-0.1, -0.05) is 69.3 Å². The molecule has 0 fully saturated rings. The Morgan fingerprint density at radius 2 is 1.85 bits per heavy atom. The molecule has 0 aromatic heterocycles. The van der Waals surface area contributed by atoms with Crippen LogP contribution in [0.5, 0.6) is 0 Å². The van der Waals surface area contributed by atoms with Gasteiger partial charge >= 0.3 is 0 Å². The average molecular weight is 357 g/mol. The molecule has 0 aliphatic heterocycles. The van der Waals surface area contributed by atoms with Crippen LogP contribution >= 0.6 is 0 Å². The minimum atomic E-state index is -0.000710. The minimum Gasteiger partial charge on any atom is -0.322 e. The average Bonchev–Trinajstić information content (AvgIpc) is 3.30. The van der Waals surface area contributed by atoms with Crippen molar-refractivity contribution in [2.24, 2.45) is 5.41 Å². The Kier molecular flexibility index (Phi) is 4.30. The highest BCUT2D eigenvalue weighted by Gasteiger charge is 2.30. The van der Waals surface area contributed by atoms with Crippen LogP contribution in [-0.4, -0.2) is 5.91 Å². The van der Waals surface area contributed by atoms with Crippen LogP contribution < -0.4 is 5.32 Å². The summed E-state index contributed by atoms with van der Waals surface area (Å²) >= 11 is 0. The fourth-order valence-corrected chi connectivity index (χ4v) is 4.27. The van der Waals surface area contributed by atoms with E-state index < -0.39 is 0 Å². The summed E-state index contributed by atoms with van der Waals surface area (Å²) < 4.78 is 0. The van der Waals surface area contributed by atoms with Gasteiger partial charge in [0.1, 0.15) is 0 Å². The molecule has 0 radical (unpaired) electrons. The van der Waals surface area contributed by atoms with Gasteiger partial charge in [0.15, 0.2) is 0 Å². The zero-order chi connectivity index (χ0) is 19.2. The monoisotopic (exact) mass is 357 g/mol. The van der Waals surface area contributed by atoms with Gasteiger partial charge in [0.2, 0.25) is 0 Å². The van der Waals surface area contributed by atoms with Crippen molar-refractivity contribution >= 4 is 12.0 Å². The summed E-state index contributed by atoms with van der Waals surface area (Å²) in [6, 6.07) is 8.51. The third kappa shape index (κ3) is 3.25. The predicted octanol–water partition coefficient (Wildman–Crippen LogP) is 5.65. The van der Waals surface area contributed by atoms with Crippen LogP contribution in [0.2, 0.25) is 0 Å². The maximum Gasteiger partial charge on any atom is 0.255 e. The highest BCUT2D eigenvalue weighted by molar-refractivity contribution is 6.01. The van der Waals surface area contributed by atoms with E-state index in [1.54, 1.807) is 0 Å². The molecule has 27 heavy (non-hydrogen) atoms. The summed E-state index contributed by atoms with van der Waals surface area (Å²) in [6.45, 7) is 8.60. The van der Waals surface area contributed by atoms with Crippen LogP contribution in [0.3, 0.4) is 0 Å². The Hall–Kier alpha value is -2.61. The van der Waals surface area contributed by atoms with Gasteiger partial charge in [-0.3, -0.25) is 4.79 Å². The summed E-state index contributed by atoms with van der Waals surface area (Å²) in [5.41, 5.74) is 9.28. The Bertz CT molecular complexity index is 974. The Labute approximate surface area is 162 Å². The molecule has 0 atom stereocenters. The van der Waals surface area contributed by atoms with E-state index >= 15 is 0 Å². The van der Waals surface area contributed by atoms with E-state index in [-0.39, 0.29) is 11.3 Å². The van der Waals surface area contributed by atoms with Crippen LogP contribution in [-0.2, 0) is 11.2 Å². The van der Waals surface area contributed by atoms with Gasteiger partial charge < -0.3 is 5.32 Å². The first-order valence-corrected chi connectivity index (χ1v) is 9.76. The van der Waals surface area contributed by atoms with E-state index in [1.807, 2.05) is 6.92 Å². The van der Waals surface area contributed by atoms with E-state index in [4.69, 9.17) is 0 Å². The van der Waals surface area contributed by atoms with Gasteiger partial charge in [-0.15, -0.1) is 0 Å². The van der Waals surface area contributed by atoms with Gasteiger partial charge in [0, 0.05) is 11.3 Å². The van der Waals surface area contributed by atoms with Gasteiger partial charge in [-0.25, -0.2) is 0 Å². The van der Waals surface area contributed by atoms with Crippen molar-refractivity contribution in [2.45, 2.75) is 47.0 Å². The fraction of sp³-hybridized carbons (Fsp3) is 0.320. The summed E-state index contributed by atoms with van der Waals surface area (Å²) in [4.78, 5) is 13.2. The number of hydrogen-bond donors (Lipinski definition) is 1. The van der Waals surface area contributed by atoms with Crippen molar-refractivity contribution in [1.82, 2.24) is 5.32 Å². The molecule has 0 saturated heterocycles. The molecule has 2 nitrogen and oxygen atoms in total. The van der Waals surface area contributed by atoms with Crippen LogP contribution in [0.1, 0.15) is 51.7 Å². The highest BCUT2D eigenvalue weighted by Crippen LogP contribution is 2.39. The smallest absolute Gasteiger partial charge is 0.255 e. The zero-order valence-corrected chi connectivity index (χ0v) is 16.6. The maximum absolute atomic E-state index is 13.2. The lowest BCUT2D eigenvalue weighted by Gasteiger charge is -2.23. The van der Waals surface area contributed by atoms with Gasteiger partial charge in [0.25, 0.3) is 5.91 Å².